The Morgan fingerprint density at radius 2 is 1.65 bits per heavy atom. The lowest BCUT2D eigenvalue weighted by Crippen LogP contribution is -2.18. The Kier molecular flexibility index (Phi) is 10.3. The molecule has 0 aliphatic carbocycles. The average Bonchev–Trinajstić information content (AvgIpc) is 2.45. The van der Waals surface area contributed by atoms with E-state index < -0.39 is 0 Å². The summed E-state index contributed by atoms with van der Waals surface area (Å²) in [4.78, 5) is 12.1. The number of cyclic esters (lactones) is 1. The van der Waals surface area contributed by atoms with Crippen LogP contribution in [0.25, 0.3) is 0 Å². The van der Waals surface area contributed by atoms with E-state index in [4.69, 9.17) is 4.74 Å². The predicted molar refractivity (Wildman–Crippen MR) is 84.7 cm³/mol. The van der Waals surface area contributed by atoms with Gasteiger partial charge in [0.25, 0.3) is 0 Å². The first-order valence-electron chi connectivity index (χ1n) is 8.66. The summed E-state index contributed by atoms with van der Waals surface area (Å²) >= 11 is 0. The van der Waals surface area contributed by atoms with Crippen LogP contribution in [0.2, 0.25) is 0 Å². The van der Waals surface area contributed by atoms with Gasteiger partial charge in [-0.2, -0.15) is 0 Å². The van der Waals surface area contributed by atoms with Gasteiger partial charge in [-0.25, -0.2) is 0 Å². The highest BCUT2D eigenvalue weighted by atomic mass is 16.5. The van der Waals surface area contributed by atoms with E-state index in [0.717, 1.165) is 38.5 Å². The maximum absolute atomic E-state index is 12.1. The molecule has 1 rings (SSSR count). The van der Waals surface area contributed by atoms with Crippen LogP contribution < -0.4 is 0 Å². The Hall–Kier alpha value is -0.790. The molecule has 2 nitrogen and oxygen atoms in total. The summed E-state index contributed by atoms with van der Waals surface area (Å²) in [5, 5.41) is 0. The van der Waals surface area contributed by atoms with Crippen molar-refractivity contribution in [1.29, 1.82) is 0 Å². The molecule has 0 bridgehead atoms. The molecule has 1 aliphatic rings. The molecule has 0 saturated carbocycles. The van der Waals surface area contributed by atoms with Crippen molar-refractivity contribution >= 4 is 5.97 Å². The number of hydrogen-bond donors (Lipinski definition) is 0. The summed E-state index contributed by atoms with van der Waals surface area (Å²) in [6.07, 6.45) is 18.6. The van der Waals surface area contributed by atoms with Crippen molar-refractivity contribution in [2.45, 2.75) is 84.0 Å². The molecule has 2 heteroatoms. The van der Waals surface area contributed by atoms with E-state index in [1.807, 2.05) is 0 Å². The quantitative estimate of drug-likeness (QED) is 0.499. The molecular weight excluding hydrogens is 248 g/mol. The number of carbonyl (C=O) groups is 1. The van der Waals surface area contributed by atoms with Crippen molar-refractivity contribution in [3.8, 4) is 0 Å². The summed E-state index contributed by atoms with van der Waals surface area (Å²) in [6, 6.07) is 0. The van der Waals surface area contributed by atoms with Crippen molar-refractivity contribution < 1.29 is 9.53 Å². The molecule has 1 atom stereocenters. The van der Waals surface area contributed by atoms with Gasteiger partial charge in [-0.05, 0) is 44.9 Å². The molecule has 0 amide bonds. The van der Waals surface area contributed by atoms with Gasteiger partial charge in [0.1, 0.15) is 0 Å². The lowest BCUT2D eigenvalue weighted by atomic mass is 9.97. The van der Waals surface area contributed by atoms with E-state index in [9.17, 15) is 4.79 Å². The topological polar surface area (TPSA) is 26.3 Å². The first-order valence-corrected chi connectivity index (χ1v) is 8.66. The minimum atomic E-state index is 0.0444. The van der Waals surface area contributed by atoms with Crippen molar-refractivity contribution in [2.75, 3.05) is 6.61 Å². The highest BCUT2D eigenvalue weighted by molar-refractivity contribution is 5.72. The molecule has 1 aliphatic heterocycles. The summed E-state index contributed by atoms with van der Waals surface area (Å²) in [5.74, 6) is 0.171. The zero-order valence-electron chi connectivity index (χ0n) is 13.2. The summed E-state index contributed by atoms with van der Waals surface area (Å²) in [6.45, 7) is 2.77. The Morgan fingerprint density at radius 3 is 2.40 bits per heavy atom. The van der Waals surface area contributed by atoms with Crippen LogP contribution in [-0.4, -0.2) is 12.6 Å². The van der Waals surface area contributed by atoms with Gasteiger partial charge in [0.05, 0.1) is 12.5 Å². The van der Waals surface area contributed by atoms with Crippen molar-refractivity contribution in [3.63, 3.8) is 0 Å². The van der Waals surface area contributed by atoms with Crippen LogP contribution in [-0.2, 0) is 9.53 Å². The number of esters is 1. The van der Waals surface area contributed by atoms with Gasteiger partial charge in [0.15, 0.2) is 0 Å². The molecule has 0 aromatic rings. The molecule has 0 aromatic carbocycles. The molecule has 20 heavy (non-hydrogen) atoms. The molecule has 0 spiro atoms. The lowest BCUT2D eigenvalue weighted by molar-refractivity contribution is -0.149. The molecule has 0 N–H and O–H groups in total. The molecule has 0 saturated heterocycles. The van der Waals surface area contributed by atoms with Crippen LogP contribution in [0.3, 0.4) is 0 Å². The predicted octanol–water partition coefficient (Wildman–Crippen LogP) is 5.42. The van der Waals surface area contributed by atoms with E-state index in [2.05, 4.69) is 19.1 Å². The molecular formula is C18H32O2. The largest absolute Gasteiger partial charge is 0.465 e. The van der Waals surface area contributed by atoms with E-state index in [-0.39, 0.29) is 11.9 Å². The number of allylic oxidation sites excluding steroid dienone is 2. The zero-order valence-corrected chi connectivity index (χ0v) is 13.2. The molecule has 116 valence electrons. The molecule has 0 fully saturated rings. The van der Waals surface area contributed by atoms with E-state index in [0.29, 0.717) is 6.61 Å². The summed E-state index contributed by atoms with van der Waals surface area (Å²) < 4.78 is 5.45. The van der Waals surface area contributed by atoms with Crippen LogP contribution in [0.5, 0.6) is 0 Å². The van der Waals surface area contributed by atoms with Gasteiger partial charge in [-0.3, -0.25) is 4.79 Å². The number of carbonyl (C=O) groups excluding carboxylic acids is 1. The third-order valence-corrected chi connectivity index (χ3v) is 4.07. The fourth-order valence-corrected chi connectivity index (χ4v) is 2.81. The van der Waals surface area contributed by atoms with Gasteiger partial charge in [0.2, 0.25) is 0 Å². The van der Waals surface area contributed by atoms with Crippen LogP contribution in [0.1, 0.15) is 84.0 Å². The molecule has 1 heterocycles. The van der Waals surface area contributed by atoms with Gasteiger partial charge in [-0.15, -0.1) is 0 Å². The van der Waals surface area contributed by atoms with Crippen LogP contribution in [0, 0.1) is 5.92 Å². The van der Waals surface area contributed by atoms with Gasteiger partial charge in [0, 0.05) is 0 Å². The maximum Gasteiger partial charge on any atom is 0.308 e. The average molecular weight is 280 g/mol. The third-order valence-electron chi connectivity index (χ3n) is 4.07. The molecule has 0 aromatic heterocycles. The van der Waals surface area contributed by atoms with Crippen LogP contribution >= 0.6 is 0 Å². The number of ether oxygens (including phenoxy) is 1. The Bertz CT molecular complexity index is 271. The Morgan fingerprint density at radius 1 is 1.00 bits per heavy atom. The van der Waals surface area contributed by atoms with Crippen molar-refractivity contribution in [2.24, 2.45) is 5.92 Å². The number of rotatable bonds is 2. The number of hydrogen-bond acceptors (Lipinski definition) is 2. The highest BCUT2D eigenvalue weighted by Gasteiger charge is 2.18. The first-order chi connectivity index (χ1) is 9.84. The minimum Gasteiger partial charge on any atom is -0.465 e. The van der Waals surface area contributed by atoms with E-state index in [1.165, 1.54) is 38.5 Å². The van der Waals surface area contributed by atoms with Gasteiger partial charge in [-0.1, -0.05) is 51.2 Å². The Labute approximate surface area is 125 Å². The fourth-order valence-electron chi connectivity index (χ4n) is 2.81. The standard InChI is InChI=1S/C18H32O2/c1-2-14-17-15-12-10-8-6-4-3-5-7-9-11-13-16-20-18(17)19/h6,8,17H,2-5,7,9-16H2,1H3. The second-order valence-electron chi connectivity index (χ2n) is 5.97. The molecule has 1 unspecified atom stereocenters. The third kappa shape index (κ3) is 8.39. The highest BCUT2D eigenvalue weighted by Crippen LogP contribution is 2.18. The van der Waals surface area contributed by atoms with Crippen molar-refractivity contribution in [3.05, 3.63) is 12.2 Å². The second kappa shape index (κ2) is 12.0. The lowest BCUT2D eigenvalue weighted by Gasteiger charge is -2.15. The van der Waals surface area contributed by atoms with Crippen LogP contribution in [0.15, 0.2) is 12.2 Å². The maximum atomic E-state index is 12.1. The van der Waals surface area contributed by atoms with Gasteiger partial charge >= 0.3 is 5.97 Å². The normalized spacial score (nSPS) is 24.2. The van der Waals surface area contributed by atoms with Gasteiger partial charge < -0.3 is 4.74 Å². The summed E-state index contributed by atoms with van der Waals surface area (Å²) in [7, 11) is 0. The van der Waals surface area contributed by atoms with Crippen LogP contribution in [0.4, 0.5) is 0 Å². The minimum absolute atomic E-state index is 0.0444. The fraction of sp³-hybridized carbons (Fsp3) is 0.833. The Balaban J connectivity index is 2.39. The summed E-state index contributed by atoms with van der Waals surface area (Å²) in [5.41, 5.74) is 0. The smallest absolute Gasteiger partial charge is 0.308 e. The monoisotopic (exact) mass is 280 g/mol. The van der Waals surface area contributed by atoms with E-state index in [1.54, 1.807) is 0 Å². The van der Waals surface area contributed by atoms with E-state index >= 15 is 0 Å². The first kappa shape index (κ1) is 17.3. The second-order valence-corrected chi connectivity index (χ2v) is 5.97. The zero-order chi connectivity index (χ0) is 14.5. The van der Waals surface area contributed by atoms with Crippen molar-refractivity contribution in [1.82, 2.24) is 0 Å². The SMILES string of the molecule is CCCC1CCCC=CCCCCCCCCOC1=O. The molecule has 0 radical (unpaired) electrons.